The van der Waals surface area contributed by atoms with Crippen LogP contribution in [0.1, 0.15) is 4.28 Å². The Bertz CT molecular complexity index is 76.4. The van der Waals surface area contributed by atoms with Crippen molar-refractivity contribution in [3.63, 3.8) is 0 Å². The largest absolute Gasteiger partial charge is 2.00 e. The molecule has 0 aliphatic rings. The Labute approximate surface area is 130 Å². The van der Waals surface area contributed by atoms with E-state index >= 15 is 0 Å². The van der Waals surface area contributed by atoms with Gasteiger partial charge in [0.2, 0.25) is 0 Å². The Morgan fingerprint density at radius 1 is 1.22 bits per heavy atom. The molecule has 0 amide bonds. The van der Waals surface area contributed by atoms with Gasteiger partial charge < -0.3 is 19.0 Å². The van der Waals surface area contributed by atoms with E-state index in [2.05, 4.69) is 0 Å². The summed E-state index contributed by atoms with van der Waals surface area (Å²) < 4.78 is 8.88. The molecule has 0 aliphatic heterocycles. The molecule has 0 aromatic rings. The van der Waals surface area contributed by atoms with E-state index in [0.29, 0.717) is 0 Å². The SMILES string of the molecule is O=P(O)(O)O.[Ca+2].[Fe].[H-].[H-].[H-].[Mn].[Na+]. The van der Waals surface area contributed by atoms with Crippen LogP contribution in [-0.4, -0.2) is 52.4 Å². The normalized spacial score (nSPS) is 6.56. The summed E-state index contributed by atoms with van der Waals surface area (Å²) in [6, 6.07) is 0. The molecule has 1 radical (unpaired) electrons. The van der Waals surface area contributed by atoms with Crippen molar-refractivity contribution >= 4 is 45.6 Å². The molecule has 0 aromatic carbocycles. The Kier molecular flexibility index (Phi) is 45.7. The van der Waals surface area contributed by atoms with E-state index < -0.39 is 7.82 Å². The summed E-state index contributed by atoms with van der Waals surface area (Å²) in [6.45, 7) is 0. The standard InChI is InChI=1S/Ca.Fe.Mn.Na.H3O4P.3H/c;;;;1-5(2,3)4;;;/h;;;;(H3,1,2,3,4);;;/q+2;;;+1;;3*-1. The summed E-state index contributed by atoms with van der Waals surface area (Å²) in [5, 5.41) is 0. The summed E-state index contributed by atoms with van der Waals surface area (Å²) in [7, 11) is -4.64. The van der Waals surface area contributed by atoms with Gasteiger partial charge in [-0.05, 0) is 0 Å². The van der Waals surface area contributed by atoms with E-state index in [1.165, 1.54) is 0 Å². The van der Waals surface area contributed by atoms with E-state index in [9.17, 15) is 0 Å². The van der Waals surface area contributed by atoms with Crippen molar-refractivity contribution in [1.82, 2.24) is 0 Å². The second kappa shape index (κ2) is 14.0. The van der Waals surface area contributed by atoms with E-state index in [-0.39, 0.29) is 106 Å². The van der Waals surface area contributed by atoms with E-state index in [1.807, 2.05) is 0 Å². The second-order valence-corrected chi connectivity index (χ2v) is 1.54. The van der Waals surface area contributed by atoms with Crippen molar-refractivity contribution in [3.05, 3.63) is 0 Å². The number of phosphoric acid groups is 1. The fourth-order valence-corrected chi connectivity index (χ4v) is 0. The fourth-order valence-electron chi connectivity index (χ4n) is 0. The molecule has 4 nitrogen and oxygen atoms in total. The van der Waals surface area contributed by atoms with E-state index in [0.717, 1.165) is 0 Å². The molecule has 9 heavy (non-hydrogen) atoms. The molecule has 0 fully saturated rings. The molecule has 0 unspecified atom stereocenters. The number of hydrogen-bond donors (Lipinski definition) is 3. The summed E-state index contributed by atoms with van der Waals surface area (Å²) in [5.41, 5.74) is 0. The topological polar surface area (TPSA) is 77.8 Å². The molecular formula is H6CaFeMnNaO4P. The monoisotopic (exact) mass is 275 g/mol. The molecular weight excluding hydrogens is 269 g/mol. The predicted molar refractivity (Wildman–Crippen MR) is 23.4 cm³/mol. The van der Waals surface area contributed by atoms with Crippen LogP contribution < -0.4 is 29.6 Å². The third kappa shape index (κ3) is 86.9. The van der Waals surface area contributed by atoms with Gasteiger partial charge >= 0.3 is 75.1 Å². The molecule has 0 aromatic heterocycles. The average molecular weight is 275 g/mol. The predicted octanol–water partition coefficient (Wildman–Crippen LogP) is -3.97. The molecule has 9 heteroatoms. The minimum atomic E-state index is -4.64. The van der Waals surface area contributed by atoms with Gasteiger partial charge in [-0.15, -0.1) is 0 Å². The van der Waals surface area contributed by atoms with Gasteiger partial charge in [0.1, 0.15) is 0 Å². The van der Waals surface area contributed by atoms with Gasteiger partial charge in [-0.1, -0.05) is 0 Å². The van der Waals surface area contributed by atoms with Crippen molar-refractivity contribution in [2.45, 2.75) is 0 Å². The molecule has 53 valence electrons. The van der Waals surface area contributed by atoms with Crippen LogP contribution in [0, 0.1) is 0 Å². The van der Waals surface area contributed by atoms with E-state index in [4.69, 9.17) is 19.2 Å². The first kappa shape index (κ1) is 29.4. The Hall–Kier alpha value is 3.41. The summed E-state index contributed by atoms with van der Waals surface area (Å²) in [4.78, 5) is 21.6. The minimum Gasteiger partial charge on any atom is -1.00 e. The first-order chi connectivity index (χ1) is 2.00. The van der Waals surface area contributed by atoms with Gasteiger partial charge in [-0.25, -0.2) is 4.57 Å². The van der Waals surface area contributed by atoms with Crippen LogP contribution in [0.25, 0.3) is 0 Å². The number of rotatable bonds is 0. The van der Waals surface area contributed by atoms with Crippen LogP contribution in [0.15, 0.2) is 0 Å². The molecule has 0 saturated heterocycles. The Morgan fingerprint density at radius 2 is 1.22 bits per heavy atom. The molecule has 0 saturated carbocycles. The van der Waals surface area contributed by atoms with Crippen LogP contribution in [0.4, 0.5) is 0 Å². The Morgan fingerprint density at radius 3 is 1.22 bits per heavy atom. The van der Waals surface area contributed by atoms with Gasteiger partial charge in [0.15, 0.2) is 0 Å². The van der Waals surface area contributed by atoms with Crippen LogP contribution in [0.3, 0.4) is 0 Å². The minimum absolute atomic E-state index is 0. The maximum atomic E-state index is 8.88. The Balaban J connectivity index is -0.00000000381. The van der Waals surface area contributed by atoms with Crippen molar-refractivity contribution in [2.24, 2.45) is 0 Å². The number of hydrogen-bond acceptors (Lipinski definition) is 1. The van der Waals surface area contributed by atoms with Crippen molar-refractivity contribution < 1.29 is 87.2 Å². The first-order valence-corrected chi connectivity index (χ1v) is 2.35. The maximum absolute atomic E-state index is 8.88. The van der Waals surface area contributed by atoms with E-state index in [1.54, 1.807) is 0 Å². The van der Waals surface area contributed by atoms with Crippen molar-refractivity contribution in [2.75, 3.05) is 0 Å². The van der Waals surface area contributed by atoms with Gasteiger partial charge in [-0.2, -0.15) is 0 Å². The van der Waals surface area contributed by atoms with Gasteiger partial charge in [0.05, 0.1) is 0 Å². The maximum Gasteiger partial charge on any atom is 2.00 e. The third-order valence-corrected chi connectivity index (χ3v) is 0. The van der Waals surface area contributed by atoms with Crippen molar-refractivity contribution in [3.8, 4) is 0 Å². The zero-order valence-electron chi connectivity index (χ0n) is 7.64. The van der Waals surface area contributed by atoms with Crippen LogP contribution in [-0.2, 0) is 38.7 Å². The van der Waals surface area contributed by atoms with Gasteiger partial charge in [0, 0.05) is 34.1 Å². The first-order valence-electron chi connectivity index (χ1n) is 0.783. The molecule has 0 atom stereocenters. The van der Waals surface area contributed by atoms with Gasteiger partial charge in [-0.3, -0.25) is 0 Å². The van der Waals surface area contributed by atoms with Gasteiger partial charge in [0.25, 0.3) is 0 Å². The molecule has 0 spiro atoms. The second-order valence-electron chi connectivity index (χ2n) is 0.513. The van der Waals surface area contributed by atoms with Crippen LogP contribution >= 0.6 is 7.82 Å². The molecule has 0 rings (SSSR count). The van der Waals surface area contributed by atoms with Crippen LogP contribution in [0.5, 0.6) is 0 Å². The zero-order chi connectivity index (χ0) is 4.50. The molecule has 3 N–H and O–H groups in total. The summed E-state index contributed by atoms with van der Waals surface area (Å²) >= 11 is 0. The third-order valence-electron chi connectivity index (χ3n) is 0. The molecule has 0 bridgehead atoms. The fraction of sp³-hybridized carbons (Fsp3) is 0. The average Bonchev–Trinajstić information content (AvgIpc) is 0.722. The van der Waals surface area contributed by atoms with Crippen LogP contribution in [0.2, 0.25) is 0 Å². The summed E-state index contributed by atoms with van der Waals surface area (Å²) in [5.74, 6) is 0. The van der Waals surface area contributed by atoms with Crippen molar-refractivity contribution in [1.29, 1.82) is 0 Å². The zero-order valence-corrected chi connectivity index (χ0v) is 12.0. The quantitative estimate of drug-likeness (QED) is 0.311. The summed E-state index contributed by atoms with van der Waals surface area (Å²) in [6.07, 6.45) is 0. The smallest absolute Gasteiger partial charge is 1.00 e. The molecule has 0 heterocycles. The molecule has 0 aliphatic carbocycles.